The molecule has 0 saturated heterocycles. The van der Waals surface area contributed by atoms with Crippen LogP contribution in [-0.2, 0) is 0 Å². The van der Waals surface area contributed by atoms with Gasteiger partial charge in [0.2, 0.25) is 0 Å². The zero-order valence-electron chi connectivity index (χ0n) is 12.5. The van der Waals surface area contributed by atoms with Crippen LogP contribution in [-0.4, -0.2) is 49.0 Å². The van der Waals surface area contributed by atoms with E-state index in [2.05, 4.69) is 22.5 Å². The van der Waals surface area contributed by atoms with Crippen molar-refractivity contribution < 1.29 is 4.79 Å². The van der Waals surface area contributed by atoms with E-state index in [9.17, 15) is 4.79 Å². The van der Waals surface area contributed by atoms with Crippen LogP contribution in [0.15, 0.2) is 12.3 Å². The SMILES string of the molecule is CCCNc1ncc(C(=O)NCC(C)N(C)C)cc1Cl. The number of nitrogens with zero attached hydrogens (tertiary/aromatic N) is 2. The maximum Gasteiger partial charge on any atom is 0.252 e. The topological polar surface area (TPSA) is 57.3 Å². The standard InChI is InChI=1S/C14H23ClN4O/c1-5-6-16-13-12(15)7-11(9-17-13)14(20)18-8-10(2)19(3)4/h7,9-10H,5-6,8H2,1-4H3,(H,16,17)(H,18,20). The predicted molar refractivity (Wildman–Crippen MR) is 83.5 cm³/mol. The fraction of sp³-hybridized carbons (Fsp3) is 0.571. The van der Waals surface area contributed by atoms with Gasteiger partial charge in [-0.3, -0.25) is 4.79 Å². The number of rotatable bonds is 7. The first-order chi connectivity index (χ1) is 9.45. The fourth-order valence-electron chi connectivity index (χ4n) is 1.46. The molecule has 1 unspecified atom stereocenters. The Morgan fingerprint density at radius 1 is 1.50 bits per heavy atom. The first-order valence-corrected chi connectivity index (χ1v) is 7.17. The van der Waals surface area contributed by atoms with Gasteiger partial charge in [-0.05, 0) is 33.5 Å². The average molecular weight is 299 g/mol. The van der Waals surface area contributed by atoms with Crippen LogP contribution >= 0.6 is 11.6 Å². The molecule has 112 valence electrons. The number of hydrogen-bond donors (Lipinski definition) is 2. The lowest BCUT2D eigenvalue weighted by Gasteiger charge is -2.20. The molecule has 0 radical (unpaired) electrons. The largest absolute Gasteiger partial charge is 0.369 e. The van der Waals surface area contributed by atoms with Crippen molar-refractivity contribution in [2.24, 2.45) is 0 Å². The summed E-state index contributed by atoms with van der Waals surface area (Å²) in [5.74, 6) is 0.460. The quantitative estimate of drug-likeness (QED) is 0.810. The molecule has 1 amide bonds. The molecule has 0 fully saturated rings. The molecular weight excluding hydrogens is 276 g/mol. The molecule has 1 atom stereocenters. The second-order valence-corrected chi connectivity index (χ2v) is 5.41. The van der Waals surface area contributed by atoms with E-state index >= 15 is 0 Å². The summed E-state index contributed by atoms with van der Waals surface area (Å²) < 4.78 is 0. The van der Waals surface area contributed by atoms with Crippen LogP contribution in [0.2, 0.25) is 5.02 Å². The van der Waals surface area contributed by atoms with E-state index in [4.69, 9.17) is 11.6 Å². The summed E-state index contributed by atoms with van der Waals surface area (Å²) >= 11 is 6.11. The first-order valence-electron chi connectivity index (χ1n) is 6.79. The van der Waals surface area contributed by atoms with Gasteiger partial charge in [0.05, 0.1) is 10.6 Å². The average Bonchev–Trinajstić information content (AvgIpc) is 2.42. The fourth-order valence-corrected chi connectivity index (χ4v) is 1.69. The molecule has 0 spiro atoms. The molecule has 0 aromatic carbocycles. The number of nitrogens with one attached hydrogen (secondary N) is 2. The number of amides is 1. The number of pyridine rings is 1. The number of likely N-dealkylation sites (N-methyl/N-ethyl adjacent to an activating group) is 1. The van der Waals surface area contributed by atoms with Crippen molar-refractivity contribution in [1.82, 2.24) is 15.2 Å². The van der Waals surface area contributed by atoms with Gasteiger partial charge in [0.15, 0.2) is 0 Å². The lowest BCUT2D eigenvalue weighted by Crippen LogP contribution is -2.38. The van der Waals surface area contributed by atoms with Crippen LogP contribution in [0, 0.1) is 0 Å². The number of hydrogen-bond acceptors (Lipinski definition) is 4. The summed E-state index contributed by atoms with van der Waals surface area (Å²) in [6, 6.07) is 1.91. The molecule has 0 saturated carbocycles. The van der Waals surface area contributed by atoms with Gasteiger partial charge >= 0.3 is 0 Å². The van der Waals surface area contributed by atoms with Gasteiger partial charge in [0.1, 0.15) is 5.82 Å². The Morgan fingerprint density at radius 3 is 2.75 bits per heavy atom. The third-order valence-electron chi connectivity index (χ3n) is 3.09. The molecule has 1 heterocycles. The highest BCUT2D eigenvalue weighted by molar-refractivity contribution is 6.33. The van der Waals surface area contributed by atoms with Crippen molar-refractivity contribution in [3.05, 3.63) is 22.8 Å². The molecule has 2 N–H and O–H groups in total. The van der Waals surface area contributed by atoms with Crippen molar-refractivity contribution in [3.8, 4) is 0 Å². The number of halogens is 1. The van der Waals surface area contributed by atoms with Gasteiger partial charge < -0.3 is 15.5 Å². The molecule has 1 aromatic heterocycles. The van der Waals surface area contributed by atoms with E-state index in [1.807, 2.05) is 25.9 Å². The molecule has 20 heavy (non-hydrogen) atoms. The van der Waals surface area contributed by atoms with Crippen LogP contribution in [0.4, 0.5) is 5.82 Å². The molecule has 0 aliphatic heterocycles. The predicted octanol–water partition coefficient (Wildman–Crippen LogP) is 2.24. The second-order valence-electron chi connectivity index (χ2n) is 5.00. The summed E-state index contributed by atoms with van der Waals surface area (Å²) in [6.45, 7) is 5.50. The number of carbonyl (C=O) groups excluding carboxylic acids is 1. The van der Waals surface area contributed by atoms with Crippen molar-refractivity contribution in [2.45, 2.75) is 26.3 Å². The van der Waals surface area contributed by atoms with Crippen LogP contribution in [0.3, 0.4) is 0 Å². The Morgan fingerprint density at radius 2 is 2.20 bits per heavy atom. The van der Waals surface area contributed by atoms with E-state index in [0.29, 0.717) is 22.9 Å². The third kappa shape index (κ3) is 4.98. The Labute approximate surface area is 125 Å². The summed E-state index contributed by atoms with van der Waals surface area (Å²) in [5.41, 5.74) is 0.475. The van der Waals surface area contributed by atoms with Gasteiger partial charge in [0.25, 0.3) is 5.91 Å². The van der Waals surface area contributed by atoms with E-state index in [-0.39, 0.29) is 11.9 Å². The van der Waals surface area contributed by atoms with E-state index < -0.39 is 0 Å². The van der Waals surface area contributed by atoms with E-state index in [1.54, 1.807) is 12.3 Å². The summed E-state index contributed by atoms with van der Waals surface area (Å²) in [4.78, 5) is 18.2. The van der Waals surface area contributed by atoms with Crippen molar-refractivity contribution in [1.29, 1.82) is 0 Å². The smallest absolute Gasteiger partial charge is 0.252 e. The maximum atomic E-state index is 12.0. The minimum absolute atomic E-state index is 0.157. The molecule has 6 heteroatoms. The molecule has 0 aliphatic carbocycles. The minimum atomic E-state index is -0.157. The second kappa shape index (κ2) is 8.07. The van der Waals surface area contributed by atoms with Gasteiger partial charge in [-0.2, -0.15) is 0 Å². The third-order valence-corrected chi connectivity index (χ3v) is 3.37. The monoisotopic (exact) mass is 298 g/mol. The number of carbonyl (C=O) groups is 1. The Kier molecular flexibility index (Phi) is 6.75. The normalized spacial score (nSPS) is 12.3. The summed E-state index contributed by atoms with van der Waals surface area (Å²) in [6.07, 6.45) is 2.53. The number of anilines is 1. The Hall–Kier alpha value is -1.33. The van der Waals surface area contributed by atoms with Crippen molar-refractivity contribution >= 4 is 23.3 Å². The summed E-state index contributed by atoms with van der Waals surface area (Å²) in [5, 5.41) is 6.45. The van der Waals surface area contributed by atoms with E-state index in [0.717, 1.165) is 13.0 Å². The summed E-state index contributed by atoms with van der Waals surface area (Å²) in [7, 11) is 3.95. The van der Waals surface area contributed by atoms with Crippen LogP contribution in [0.1, 0.15) is 30.6 Å². The molecule has 0 bridgehead atoms. The maximum absolute atomic E-state index is 12.0. The van der Waals surface area contributed by atoms with Crippen molar-refractivity contribution in [3.63, 3.8) is 0 Å². The molecule has 1 rings (SSSR count). The van der Waals surface area contributed by atoms with Gasteiger partial charge in [0, 0.05) is 25.3 Å². The molecule has 1 aromatic rings. The highest BCUT2D eigenvalue weighted by Gasteiger charge is 2.11. The van der Waals surface area contributed by atoms with Crippen LogP contribution in [0.5, 0.6) is 0 Å². The first kappa shape index (κ1) is 16.7. The van der Waals surface area contributed by atoms with Crippen LogP contribution < -0.4 is 10.6 Å². The Bertz CT molecular complexity index is 451. The van der Waals surface area contributed by atoms with Crippen molar-refractivity contribution in [2.75, 3.05) is 32.5 Å². The zero-order valence-corrected chi connectivity index (χ0v) is 13.3. The lowest BCUT2D eigenvalue weighted by atomic mass is 10.2. The molecule has 0 aliphatic rings. The highest BCUT2D eigenvalue weighted by Crippen LogP contribution is 2.19. The molecule has 5 nitrogen and oxygen atoms in total. The van der Waals surface area contributed by atoms with E-state index in [1.165, 1.54) is 0 Å². The zero-order chi connectivity index (χ0) is 15.1. The van der Waals surface area contributed by atoms with Gasteiger partial charge in [-0.15, -0.1) is 0 Å². The van der Waals surface area contributed by atoms with Crippen LogP contribution in [0.25, 0.3) is 0 Å². The van der Waals surface area contributed by atoms with Gasteiger partial charge in [-0.25, -0.2) is 4.98 Å². The minimum Gasteiger partial charge on any atom is -0.369 e. The highest BCUT2D eigenvalue weighted by atomic mass is 35.5. The lowest BCUT2D eigenvalue weighted by molar-refractivity contribution is 0.0943. The Balaban J connectivity index is 2.63. The number of aromatic nitrogens is 1. The molecular formula is C14H23ClN4O. The van der Waals surface area contributed by atoms with Gasteiger partial charge in [-0.1, -0.05) is 18.5 Å².